The van der Waals surface area contributed by atoms with Crippen LogP contribution in [0, 0.1) is 5.82 Å². The number of hydrazone groups is 1. The average Bonchev–Trinajstić information content (AvgIpc) is 2.79. The molecule has 4 aromatic carbocycles. The van der Waals surface area contributed by atoms with Gasteiger partial charge in [-0.3, -0.25) is 4.79 Å². The van der Waals surface area contributed by atoms with Crippen molar-refractivity contribution in [3.8, 4) is 5.75 Å². The zero-order valence-electron chi connectivity index (χ0n) is 16.4. The summed E-state index contributed by atoms with van der Waals surface area (Å²) in [5, 5.41) is 6.63. The fourth-order valence-corrected chi connectivity index (χ4v) is 3.35. The number of rotatable bonds is 6. The van der Waals surface area contributed by atoms with Gasteiger partial charge in [-0.05, 0) is 41.1 Å². The Hall–Kier alpha value is -3.70. The van der Waals surface area contributed by atoms with Gasteiger partial charge in [0.1, 0.15) is 18.2 Å². The summed E-state index contributed by atoms with van der Waals surface area (Å²) in [6.45, 7) is 0.286. The minimum Gasteiger partial charge on any atom is -0.488 e. The van der Waals surface area contributed by atoms with E-state index >= 15 is 0 Å². The number of carbonyl (C=O) groups is 1. The van der Waals surface area contributed by atoms with E-state index in [1.807, 2.05) is 60.7 Å². The minimum atomic E-state index is -0.505. The molecule has 0 unspecified atom stereocenters. The van der Waals surface area contributed by atoms with E-state index in [1.165, 1.54) is 24.4 Å². The van der Waals surface area contributed by atoms with Gasteiger partial charge in [-0.2, -0.15) is 5.10 Å². The van der Waals surface area contributed by atoms with Crippen LogP contribution in [0.25, 0.3) is 10.8 Å². The third-order valence-electron chi connectivity index (χ3n) is 4.72. The highest BCUT2D eigenvalue weighted by Gasteiger charge is 2.10. The molecule has 154 valence electrons. The third-order valence-corrected chi connectivity index (χ3v) is 5.09. The molecule has 0 bridgehead atoms. The Bertz CT molecular complexity index is 1270. The van der Waals surface area contributed by atoms with Crippen molar-refractivity contribution in [3.63, 3.8) is 0 Å². The summed E-state index contributed by atoms with van der Waals surface area (Å²) < 4.78 is 19.4. The van der Waals surface area contributed by atoms with Crippen LogP contribution < -0.4 is 10.2 Å². The number of nitrogens with one attached hydrogen (secondary N) is 1. The molecule has 0 aromatic heterocycles. The largest absolute Gasteiger partial charge is 0.488 e. The fraction of sp³-hybridized carbons (Fsp3) is 0.0400. The molecule has 31 heavy (non-hydrogen) atoms. The molecule has 4 aromatic rings. The molecule has 0 saturated carbocycles. The van der Waals surface area contributed by atoms with Gasteiger partial charge in [-0.1, -0.05) is 66.2 Å². The Morgan fingerprint density at radius 1 is 1.00 bits per heavy atom. The summed E-state index contributed by atoms with van der Waals surface area (Å²) in [6.07, 6.45) is 1.53. The molecule has 0 heterocycles. The van der Waals surface area contributed by atoms with Gasteiger partial charge in [0.25, 0.3) is 5.91 Å². The van der Waals surface area contributed by atoms with E-state index in [0.717, 1.165) is 22.4 Å². The zero-order valence-corrected chi connectivity index (χ0v) is 17.1. The van der Waals surface area contributed by atoms with Gasteiger partial charge in [0.15, 0.2) is 0 Å². The van der Waals surface area contributed by atoms with E-state index in [9.17, 15) is 9.18 Å². The Morgan fingerprint density at radius 3 is 2.65 bits per heavy atom. The van der Waals surface area contributed by atoms with E-state index in [1.54, 1.807) is 0 Å². The van der Waals surface area contributed by atoms with Crippen molar-refractivity contribution < 1.29 is 13.9 Å². The van der Waals surface area contributed by atoms with Gasteiger partial charge in [-0.15, -0.1) is 0 Å². The molecule has 1 N–H and O–H groups in total. The number of nitrogens with zero attached hydrogens (tertiary/aromatic N) is 1. The zero-order chi connectivity index (χ0) is 21.6. The number of halogens is 2. The normalized spacial score (nSPS) is 11.0. The highest BCUT2D eigenvalue weighted by Crippen LogP contribution is 2.28. The molecule has 0 radical (unpaired) electrons. The summed E-state index contributed by atoms with van der Waals surface area (Å²) in [4.78, 5) is 12.2. The first-order valence-corrected chi connectivity index (χ1v) is 9.96. The second kappa shape index (κ2) is 9.41. The summed E-state index contributed by atoms with van der Waals surface area (Å²) in [5.41, 5.74) is 4.20. The van der Waals surface area contributed by atoms with Crippen molar-refractivity contribution in [2.45, 2.75) is 6.61 Å². The quantitative estimate of drug-likeness (QED) is 0.301. The van der Waals surface area contributed by atoms with E-state index in [0.29, 0.717) is 16.3 Å². The van der Waals surface area contributed by atoms with Gasteiger partial charge in [0.2, 0.25) is 0 Å². The summed E-state index contributed by atoms with van der Waals surface area (Å²) in [5.74, 6) is -0.391. The van der Waals surface area contributed by atoms with Gasteiger partial charge < -0.3 is 4.74 Å². The molecule has 1 amide bonds. The van der Waals surface area contributed by atoms with Crippen molar-refractivity contribution in [3.05, 3.63) is 112 Å². The van der Waals surface area contributed by atoms with Crippen molar-refractivity contribution in [2.24, 2.45) is 5.10 Å². The second-order valence-electron chi connectivity index (χ2n) is 6.79. The maximum absolute atomic E-state index is 13.4. The summed E-state index contributed by atoms with van der Waals surface area (Å²) >= 11 is 6.23. The predicted octanol–water partition coefficient (Wildman–Crippen LogP) is 5.98. The fourth-order valence-electron chi connectivity index (χ4n) is 3.16. The van der Waals surface area contributed by atoms with Crippen LogP contribution in [-0.2, 0) is 6.61 Å². The van der Waals surface area contributed by atoms with Gasteiger partial charge in [0, 0.05) is 21.7 Å². The highest BCUT2D eigenvalue weighted by molar-refractivity contribution is 6.31. The van der Waals surface area contributed by atoms with Gasteiger partial charge in [0.05, 0.1) is 6.21 Å². The van der Waals surface area contributed by atoms with Crippen molar-refractivity contribution in [1.29, 1.82) is 0 Å². The lowest BCUT2D eigenvalue weighted by molar-refractivity contribution is 0.0954. The van der Waals surface area contributed by atoms with E-state index in [-0.39, 0.29) is 12.2 Å². The Labute approximate surface area is 183 Å². The molecular formula is C25H18ClFN2O2. The molecule has 0 spiro atoms. The lowest BCUT2D eigenvalue weighted by Crippen LogP contribution is -2.17. The number of ether oxygens (including phenoxy) is 1. The first kappa shape index (κ1) is 20.6. The maximum atomic E-state index is 13.4. The molecule has 0 saturated heterocycles. The van der Waals surface area contributed by atoms with Gasteiger partial charge in [-0.25, -0.2) is 9.82 Å². The van der Waals surface area contributed by atoms with Crippen LogP contribution in [-0.4, -0.2) is 12.1 Å². The second-order valence-corrected chi connectivity index (χ2v) is 7.20. The van der Waals surface area contributed by atoms with E-state index in [2.05, 4.69) is 10.5 Å². The van der Waals surface area contributed by atoms with Crippen LogP contribution in [0.3, 0.4) is 0 Å². The van der Waals surface area contributed by atoms with E-state index in [4.69, 9.17) is 16.3 Å². The van der Waals surface area contributed by atoms with Crippen LogP contribution >= 0.6 is 11.6 Å². The lowest BCUT2D eigenvalue weighted by Gasteiger charge is -2.12. The highest BCUT2D eigenvalue weighted by atomic mass is 35.5. The topological polar surface area (TPSA) is 50.7 Å². The molecule has 0 fully saturated rings. The Balaban J connectivity index is 1.60. The van der Waals surface area contributed by atoms with Crippen molar-refractivity contribution in [2.75, 3.05) is 0 Å². The maximum Gasteiger partial charge on any atom is 0.271 e. The van der Waals surface area contributed by atoms with Crippen LogP contribution in [0.4, 0.5) is 4.39 Å². The molecule has 0 aliphatic rings. The number of benzene rings is 4. The van der Waals surface area contributed by atoms with Crippen LogP contribution in [0.2, 0.25) is 5.02 Å². The molecule has 0 aliphatic carbocycles. The third kappa shape index (κ3) is 4.90. The Kier molecular flexibility index (Phi) is 6.24. The van der Waals surface area contributed by atoms with Crippen LogP contribution in [0.1, 0.15) is 21.5 Å². The van der Waals surface area contributed by atoms with Crippen LogP contribution in [0.15, 0.2) is 90.0 Å². The first-order chi connectivity index (χ1) is 15.1. The smallest absolute Gasteiger partial charge is 0.271 e. The molecule has 4 nitrogen and oxygen atoms in total. The number of amides is 1. The van der Waals surface area contributed by atoms with Crippen LogP contribution in [0.5, 0.6) is 5.75 Å². The first-order valence-electron chi connectivity index (χ1n) is 9.59. The standard InChI is InChI=1S/C25H18ClFN2O2/c26-23-11-4-2-7-19(23)16-31-24-13-12-17-6-1-3-10-21(17)22(24)15-28-29-25(30)18-8-5-9-20(27)14-18/h1-15H,16H2,(H,29,30)/b28-15-. The molecule has 6 heteroatoms. The Morgan fingerprint density at radius 2 is 1.81 bits per heavy atom. The number of hydrogen-bond acceptors (Lipinski definition) is 3. The lowest BCUT2D eigenvalue weighted by atomic mass is 10.0. The number of fused-ring (bicyclic) bond motifs is 1. The SMILES string of the molecule is O=C(N/N=C\c1c(OCc2ccccc2Cl)ccc2ccccc12)c1cccc(F)c1. The van der Waals surface area contributed by atoms with Crippen molar-refractivity contribution in [1.82, 2.24) is 5.43 Å². The number of carbonyl (C=O) groups excluding carboxylic acids is 1. The molecule has 4 rings (SSSR count). The molecule has 0 atom stereocenters. The monoisotopic (exact) mass is 432 g/mol. The molecule has 0 aliphatic heterocycles. The number of hydrogen-bond donors (Lipinski definition) is 1. The average molecular weight is 433 g/mol. The van der Waals surface area contributed by atoms with E-state index < -0.39 is 11.7 Å². The van der Waals surface area contributed by atoms with Crippen molar-refractivity contribution >= 4 is 34.5 Å². The minimum absolute atomic E-state index is 0.185. The molecular weight excluding hydrogens is 415 g/mol. The summed E-state index contributed by atoms with van der Waals surface area (Å²) in [6, 6.07) is 24.5. The predicted molar refractivity (Wildman–Crippen MR) is 121 cm³/mol. The van der Waals surface area contributed by atoms with Gasteiger partial charge >= 0.3 is 0 Å². The summed E-state index contributed by atoms with van der Waals surface area (Å²) in [7, 11) is 0.